The lowest BCUT2D eigenvalue weighted by atomic mass is 10.1. The molecular weight excluding hydrogens is 242 g/mol. The van der Waals surface area contributed by atoms with Crippen LogP contribution in [0.15, 0.2) is 29.2 Å². The van der Waals surface area contributed by atoms with Crippen LogP contribution in [0, 0.1) is 0 Å². The Morgan fingerprint density at radius 1 is 1.22 bits per heavy atom. The quantitative estimate of drug-likeness (QED) is 0.542. The summed E-state index contributed by atoms with van der Waals surface area (Å²) < 4.78 is 5.04. The fourth-order valence-corrected chi connectivity index (χ4v) is 2.73. The molecule has 0 aromatic heterocycles. The van der Waals surface area contributed by atoms with Crippen molar-refractivity contribution >= 4 is 11.8 Å². The van der Waals surface area contributed by atoms with Crippen molar-refractivity contribution in [2.24, 2.45) is 0 Å². The van der Waals surface area contributed by atoms with E-state index in [1.165, 1.54) is 22.6 Å². The molecule has 0 radical (unpaired) electrons. The van der Waals surface area contributed by atoms with Crippen LogP contribution in [-0.2, 0) is 4.74 Å². The summed E-state index contributed by atoms with van der Waals surface area (Å²) >= 11 is 1.93. The van der Waals surface area contributed by atoms with Crippen LogP contribution in [0.1, 0.15) is 38.3 Å². The second-order valence-corrected chi connectivity index (χ2v) is 5.57. The Kier molecular flexibility index (Phi) is 8.14. The van der Waals surface area contributed by atoms with Gasteiger partial charge in [-0.2, -0.15) is 0 Å². The molecule has 0 aliphatic heterocycles. The average Bonchev–Trinajstić information content (AvgIpc) is 2.39. The molecule has 0 aliphatic carbocycles. The van der Waals surface area contributed by atoms with Crippen LogP contribution >= 0.6 is 11.8 Å². The maximum atomic E-state index is 5.04. The molecule has 0 heterocycles. The Balaban J connectivity index is 2.31. The van der Waals surface area contributed by atoms with Crippen molar-refractivity contribution in [3.8, 4) is 0 Å². The lowest BCUT2D eigenvalue weighted by Crippen LogP contribution is -2.17. The van der Waals surface area contributed by atoms with Gasteiger partial charge in [0.25, 0.3) is 0 Å². The van der Waals surface area contributed by atoms with Crippen LogP contribution in [0.25, 0.3) is 0 Å². The van der Waals surface area contributed by atoms with Crippen LogP contribution in [0.5, 0.6) is 0 Å². The molecular formula is C15H25NOS. The molecule has 18 heavy (non-hydrogen) atoms. The molecule has 1 N–H and O–H groups in total. The summed E-state index contributed by atoms with van der Waals surface area (Å²) in [7, 11) is 1.76. The molecule has 0 saturated carbocycles. The maximum absolute atomic E-state index is 5.04. The van der Waals surface area contributed by atoms with E-state index in [0.29, 0.717) is 6.04 Å². The largest absolute Gasteiger partial charge is 0.385 e. The van der Waals surface area contributed by atoms with E-state index in [4.69, 9.17) is 4.74 Å². The molecule has 1 atom stereocenters. The van der Waals surface area contributed by atoms with Crippen LogP contribution < -0.4 is 5.32 Å². The van der Waals surface area contributed by atoms with Gasteiger partial charge in [-0.3, -0.25) is 0 Å². The maximum Gasteiger partial charge on any atom is 0.0462 e. The van der Waals surface area contributed by atoms with Gasteiger partial charge in [-0.1, -0.05) is 19.1 Å². The van der Waals surface area contributed by atoms with Gasteiger partial charge in [-0.25, -0.2) is 0 Å². The van der Waals surface area contributed by atoms with E-state index in [0.717, 1.165) is 19.6 Å². The third-order valence-corrected chi connectivity index (χ3v) is 4.00. The molecule has 0 saturated heterocycles. The summed E-state index contributed by atoms with van der Waals surface area (Å²) in [6.07, 6.45) is 2.37. The average molecular weight is 267 g/mol. The van der Waals surface area contributed by atoms with Gasteiger partial charge in [0, 0.05) is 24.7 Å². The Hall–Kier alpha value is -0.510. The van der Waals surface area contributed by atoms with Crippen molar-refractivity contribution in [2.45, 2.75) is 37.6 Å². The van der Waals surface area contributed by atoms with E-state index in [1.54, 1.807) is 7.11 Å². The molecule has 2 nitrogen and oxygen atoms in total. The molecule has 102 valence electrons. The zero-order valence-corrected chi connectivity index (χ0v) is 12.6. The summed E-state index contributed by atoms with van der Waals surface area (Å²) in [5.74, 6) is 1.17. The van der Waals surface area contributed by atoms with Crippen molar-refractivity contribution < 1.29 is 4.74 Å². The third kappa shape index (κ3) is 5.89. The fraction of sp³-hybridized carbons (Fsp3) is 0.600. The number of thioether (sulfide) groups is 1. The number of unbranched alkanes of at least 4 members (excludes halogenated alkanes) is 1. The molecule has 0 aliphatic rings. The summed E-state index contributed by atoms with van der Waals surface area (Å²) in [4.78, 5) is 1.36. The molecule has 1 rings (SSSR count). The third-order valence-electron chi connectivity index (χ3n) is 2.90. The molecule has 0 spiro atoms. The van der Waals surface area contributed by atoms with Gasteiger partial charge >= 0.3 is 0 Å². The van der Waals surface area contributed by atoms with E-state index in [1.807, 2.05) is 11.8 Å². The molecule has 0 amide bonds. The molecule has 1 unspecified atom stereocenters. The van der Waals surface area contributed by atoms with Gasteiger partial charge in [0.15, 0.2) is 0 Å². The number of hydrogen-bond donors (Lipinski definition) is 1. The van der Waals surface area contributed by atoms with Crippen molar-refractivity contribution in [1.29, 1.82) is 0 Å². The van der Waals surface area contributed by atoms with Gasteiger partial charge in [-0.15, -0.1) is 11.8 Å². The van der Waals surface area contributed by atoms with Crippen LogP contribution in [-0.4, -0.2) is 26.0 Å². The minimum Gasteiger partial charge on any atom is -0.385 e. The van der Waals surface area contributed by atoms with Crippen molar-refractivity contribution in [3.05, 3.63) is 29.8 Å². The summed E-state index contributed by atoms with van der Waals surface area (Å²) in [6.45, 7) is 6.23. The van der Waals surface area contributed by atoms with E-state index in [-0.39, 0.29) is 0 Å². The standard InChI is InChI=1S/C15H25NOS/c1-4-16-13(2)14-7-9-15(10-8-14)18-12-6-5-11-17-3/h7-10,13,16H,4-6,11-12H2,1-3H3. The molecule has 0 bridgehead atoms. The van der Waals surface area contributed by atoms with Crippen molar-refractivity contribution in [3.63, 3.8) is 0 Å². The van der Waals surface area contributed by atoms with Crippen LogP contribution in [0.3, 0.4) is 0 Å². The predicted octanol–water partition coefficient (Wildman–Crippen LogP) is 3.88. The minimum atomic E-state index is 0.441. The molecule has 1 aromatic carbocycles. The number of methoxy groups -OCH3 is 1. The fourth-order valence-electron chi connectivity index (χ4n) is 1.82. The highest BCUT2D eigenvalue weighted by Gasteiger charge is 2.03. The number of rotatable bonds is 9. The second kappa shape index (κ2) is 9.42. The first kappa shape index (κ1) is 15.5. The smallest absolute Gasteiger partial charge is 0.0462 e. The van der Waals surface area contributed by atoms with E-state index >= 15 is 0 Å². The van der Waals surface area contributed by atoms with Gasteiger partial charge in [-0.05, 0) is 49.8 Å². The number of hydrogen-bond acceptors (Lipinski definition) is 3. The van der Waals surface area contributed by atoms with Gasteiger partial charge in [0.05, 0.1) is 0 Å². The lowest BCUT2D eigenvalue weighted by molar-refractivity contribution is 0.194. The summed E-state index contributed by atoms with van der Waals surface area (Å²) in [6, 6.07) is 9.35. The Bertz CT molecular complexity index is 313. The van der Waals surface area contributed by atoms with E-state index in [9.17, 15) is 0 Å². The SMILES string of the molecule is CCNC(C)c1ccc(SCCCCOC)cc1. The monoisotopic (exact) mass is 267 g/mol. The first-order valence-corrected chi connectivity index (χ1v) is 7.71. The molecule has 1 aromatic rings. The second-order valence-electron chi connectivity index (χ2n) is 4.40. The minimum absolute atomic E-state index is 0.441. The number of ether oxygens (including phenoxy) is 1. The number of nitrogens with one attached hydrogen (secondary N) is 1. The Labute approximate surface area is 116 Å². The Morgan fingerprint density at radius 3 is 2.56 bits per heavy atom. The van der Waals surface area contributed by atoms with Gasteiger partial charge in [0.1, 0.15) is 0 Å². The predicted molar refractivity (Wildman–Crippen MR) is 80.4 cm³/mol. The topological polar surface area (TPSA) is 21.3 Å². The molecule has 3 heteroatoms. The number of benzene rings is 1. The first-order valence-electron chi connectivity index (χ1n) is 6.73. The normalized spacial score (nSPS) is 12.6. The van der Waals surface area contributed by atoms with Crippen molar-refractivity contribution in [2.75, 3.05) is 26.0 Å². The van der Waals surface area contributed by atoms with Crippen LogP contribution in [0.4, 0.5) is 0 Å². The highest BCUT2D eigenvalue weighted by molar-refractivity contribution is 7.99. The van der Waals surface area contributed by atoms with Crippen LogP contribution in [0.2, 0.25) is 0 Å². The summed E-state index contributed by atoms with van der Waals surface area (Å²) in [5, 5.41) is 3.43. The highest BCUT2D eigenvalue weighted by atomic mass is 32.2. The van der Waals surface area contributed by atoms with E-state index < -0.39 is 0 Å². The Morgan fingerprint density at radius 2 is 1.94 bits per heavy atom. The van der Waals surface area contributed by atoms with Gasteiger partial charge in [0.2, 0.25) is 0 Å². The lowest BCUT2D eigenvalue weighted by Gasteiger charge is -2.13. The van der Waals surface area contributed by atoms with E-state index in [2.05, 4.69) is 43.4 Å². The molecule has 0 fully saturated rings. The highest BCUT2D eigenvalue weighted by Crippen LogP contribution is 2.22. The zero-order chi connectivity index (χ0) is 13.2. The van der Waals surface area contributed by atoms with Crippen molar-refractivity contribution in [1.82, 2.24) is 5.32 Å². The summed E-state index contributed by atoms with van der Waals surface area (Å²) in [5.41, 5.74) is 1.36. The zero-order valence-electron chi connectivity index (χ0n) is 11.7. The first-order chi connectivity index (χ1) is 8.77. The van der Waals surface area contributed by atoms with Gasteiger partial charge < -0.3 is 10.1 Å².